The number of hydrogen-bond donors (Lipinski definition) is 2. The Labute approximate surface area is 91.3 Å². The molecule has 5 heteroatoms. The van der Waals surface area contributed by atoms with Crippen molar-refractivity contribution in [3.05, 3.63) is 47.4 Å². The van der Waals surface area contributed by atoms with Crippen LogP contribution in [0.5, 0.6) is 0 Å². The second-order valence-corrected chi connectivity index (χ2v) is 3.34. The molecule has 0 unspecified atom stereocenters. The molecule has 0 atom stereocenters. The molecule has 1 amide bonds. The molecular formula is C10H8ClN3O. The Morgan fingerprint density at radius 1 is 1.47 bits per heavy atom. The Kier molecular flexibility index (Phi) is 2.69. The zero-order chi connectivity index (χ0) is 10.7. The summed E-state index contributed by atoms with van der Waals surface area (Å²) < 4.78 is 0. The van der Waals surface area contributed by atoms with Crippen LogP contribution in [0.2, 0.25) is 5.02 Å². The first kappa shape index (κ1) is 9.73. The van der Waals surface area contributed by atoms with Gasteiger partial charge in [0.05, 0.1) is 5.02 Å². The summed E-state index contributed by atoms with van der Waals surface area (Å²) >= 11 is 5.68. The Balaban J connectivity index is 2.11. The van der Waals surface area contributed by atoms with Crippen LogP contribution >= 0.6 is 11.6 Å². The van der Waals surface area contributed by atoms with Crippen molar-refractivity contribution >= 4 is 23.3 Å². The van der Waals surface area contributed by atoms with Gasteiger partial charge in [0.2, 0.25) is 0 Å². The lowest BCUT2D eigenvalue weighted by atomic mass is 10.4. The Bertz CT molecular complexity index is 467. The number of aromatic amines is 1. The normalized spacial score (nSPS) is 9.93. The van der Waals surface area contributed by atoms with Gasteiger partial charge in [-0.25, -0.2) is 4.98 Å². The molecule has 2 N–H and O–H groups in total. The number of pyridine rings is 1. The van der Waals surface area contributed by atoms with Crippen LogP contribution in [0.4, 0.5) is 5.82 Å². The highest BCUT2D eigenvalue weighted by Gasteiger charge is 2.08. The van der Waals surface area contributed by atoms with Crippen LogP contribution in [0, 0.1) is 0 Å². The second-order valence-electron chi connectivity index (χ2n) is 2.90. The van der Waals surface area contributed by atoms with Crippen LogP contribution in [0.3, 0.4) is 0 Å². The average Bonchev–Trinajstić information content (AvgIpc) is 2.66. The van der Waals surface area contributed by atoms with E-state index in [1.807, 2.05) is 0 Å². The largest absolute Gasteiger partial charge is 0.356 e. The van der Waals surface area contributed by atoms with Gasteiger partial charge in [0.15, 0.2) is 0 Å². The van der Waals surface area contributed by atoms with E-state index in [9.17, 15) is 4.79 Å². The van der Waals surface area contributed by atoms with Gasteiger partial charge in [-0.1, -0.05) is 17.7 Å². The predicted molar refractivity (Wildman–Crippen MR) is 58.0 cm³/mol. The van der Waals surface area contributed by atoms with Crippen molar-refractivity contribution in [1.29, 1.82) is 0 Å². The number of carbonyl (C=O) groups excluding carboxylic acids is 1. The zero-order valence-corrected chi connectivity index (χ0v) is 8.45. The summed E-state index contributed by atoms with van der Waals surface area (Å²) in [5.41, 5.74) is 0.408. The van der Waals surface area contributed by atoms with Gasteiger partial charge >= 0.3 is 0 Å². The van der Waals surface area contributed by atoms with Crippen molar-refractivity contribution in [2.75, 3.05) is 5.32 Å². The van der Waals surface area contributed by atoms with E-state index >= 15 is 0 Å². The van der Waals surface area contributed by atoms with Gasteiger partial charge in [-0.3, -0.25) is 4.79 Å². The summed E-state index contributed by atoms with van der Waals surface area (Å²) in [6, 6.07) is 6.84. The minimum Gasteiger partial charge on any atom is -0.356 e. The lowest BCUT2D eigenvalue weighted by Gasteiger charge is -2.00. The first-order valence-corrected chi connectivity index (χ1v) is 4.70. The van der Waals surface area contributed by atoms with Gasteiger partial charge in [-0.05, 0) is 18.2 Å². The molecule has 0 saturated carbocycles. The summed E-state index contributed by atoms with van der Waals surface area (Å²) in [5.74, 6) is 0.244. The molecule has 2 aromatic heterocycles. The van der Waals surface area contributed by atoms with Gasteiger partial charge in [-0.15, -0.1) is 0 Å². The third-order valence-corrected chi connectivity index (χ3v) is 2.02. The maximum absolute atomic E-state index is 11.6. The molecule has 0 aliphatic heterocycles. The molecular weight excluding hydrogens is 214 g/mol. The monoisotopic (exact) mass is 221 g/mol. The van der Waals surface area contributed by atoms with Gasteiger partial charge in [0.1, 0.15) is 11.5 Å². The summed E-state index contributed by atoms with van der Waals surface area (Å²) in [7, 11) is 0. The number of carbonyl (C=O) groups is 1. The van der Waals surface area contributed by atoms with Crippen molar-refractivity contribution in [3.8, 4) is 0 Å². The lowest BCUT2D eigenvalue weighted by Crippen LogP contribution is -2.12. The lowest BCUT2D eigenvalue weighted by molar-refractivity contribution is 0.102. The number of hydrogen-bond acceptors (Lipinski definition) is 2. The first-order chi connectivity index (χ1) is 7.25. The topological polar surface area (TPSA) is 57.8 Å². The fourth-order valence-electron chi connectivity index (χ4n) is 1.12. The Hall–Kier alpha value is -1.81. The van der Waals surface area contributed by atoms with Crippen LogP contribution in [0.15, 0.2) is 36.7 Å². The minimum absolute atomic E-state index is 0.263. The van der Waals surface area contributed by atoms with Gasteiger partial charge in [-0.2, -0.15) is 0 Å². The molecule has 2 aromatic rings. The van der Waals surface area contributed by atoms with Gasteiger partial charge in [0.25, 0.3) is 5.91 Å². The second kappa shape index (κ2) is 4.14. The van der Waals surface area contributed by atoms with Crippen molar-refractivity contribution in [3.63, 3.8) is 0 Å². The third kappa shape index (κ3) is 2.35. The van der Waals surface area contributed by atoms with E-state index in [-0.39, 0.29) is 5.91 Å². The van der Waals surface area contributed by atoms with E-state index in [2.05, 4.69) is 15.3 Å². The molecule has 0 spiro atoms. The van der Waals surface area contributed by atoms with Crippen molar-refractivity contribution in [2.24, 2.45) is 0 Å². The molecule has 0 saturated heterocycles. The highest BCUT2D eigenvalue weighted by atomic mass is 35.5. The quantitative estimate of drug-likeness (QED) is 0.818. The Morgan fingerprint density at radius 2 is 2.33 bits per heavy atom. The third-order valence-electron chi connectivity index (χ3n) is 1.80. The summed E-state index contributed by atoms with van der Waals surface area (Å²) in [4.78, 5) is 18.3. The molecule has 0 fully saturated rings. The molecule has 0 radical (unpaired) electrons. The SMILES string of the molecule is O=C(Nc1ccccn1)c1cc(Cl)c[nH]1. The molecule has 0 aliphatic carbocycles. The molecule has 15 heavy (non-hydrogen) atoms. The first-order valence-electron chi connectivity index (χ1n) is 4.32. The molecule has 76 valence electrons. The molecule has 0 bridgehead atoms. The fraction of sp³-hybridized carbons (Fsp3) is 0. The number of halogens is 1. The maximum Gasteiger partial charge on any atom is 0.273 e. The number of anilines is 1. The highest BCUT2D eigenvalue weighted by Crippen LogP contribution is 2.10. The highest BCUT2D eigenvalue weighted by molar-refractivity contribution is 6.31. The van der Waals surface area contributed by atoms with Crippen molar-refractivity contribution in [2.45, 2.75) is 0 Å². The number of nitrogens with zero attached hydrogens (tertiary/aromatic N) is 1. The maximum atomic E-state index is 11.6. The Morgan fingerprint density at radius 3 is 2.93 bits per heavy atom. The average molecular weight is 222 g/mol. The number of amides is 1. The van der Waals surface area contributed by atoms with Crippen LogP contribution in [-0.4, -0.2) is 15.9 Å². The van der Waals surface area contributed by atoms with E-state index in [0.29, 0.717) is 16.5 Å². The summed E-state index contributed by atoms with van der Waals surface area (Å²) in [6.07, 6.45) is 3.16. The summed E-state index contributed by atoms with van der Waals surface area (Å²) in [5, 5.41) is 3.13. The number of H-pyrrole nitrogens is 1. The van der Waals surface area contributed by atoms with Crippen LogP contribution in [-0.2, 0) is 0 Å². The molecule has 4 nitrogen and oxygen atoms in total. The minimum atomic E-state index is -0.263. The number of aromatic nitrogens is 2. The van der Waals surface area contributed by atoms with E-state index in [4.69, 9.17) is 11.6 Å². The summed E-state index contributed by atoms with van der Waals surface area (Å²) in [6.45, 7) is 0. The van der Waals surface area contributed by atoms with Crippen molar-refractivity contribution < 1.29 is 4.79 Å². The van der Waals surface area contributed by atoms with E-state index in [1.165, 1.54) is 0 Å². The predicted octanol–water partition coefficient (Wildman–Crippen LogP) is 2.32. The number of nitrogens with one attached hydrogen (secondary N) is 2. The van der Waals surface area contributed by atoms with E-state index in [0.717, 1.165) is 0 Å². The smallest absolute Gasteiger partial charge is 0.273 e. The fourth-order valence-corrected chi connectivity index (χ4v) is 1.28. The van der Waals surface area contributed by atoms with Crippen LogP contribution in [0.25, 0.3) is 0 Å². The molecule has 0 aromatic carbocycles. The van der Waals surface area contributed by atoms with Gasteiger partial charge < -0.3 is 10.3 Å². The van der Waals surface area contributed by atoms with Crippen LogP contribution in [0.1, 0.15) is 10.5 Å². The van der Waals surface area contributed by atoms with Crippen molar-refractivity contribution in [1.82, 2.24) is 9.97 Å². The number of rotatable bonds is 2. The zero-order valence-electron chi connectivity index (χ0n) is 7.70. The van der Waals surface area contributed by atoms with E-state index < -0.39 is 0 Å². The molecule has 2 rings (SSSR count). The molecule has 0 aliphatic rings. The standard InChI is InChI=1S/C10H8ClN3O/c11-7-5-8(13-6-7)10(15)14-9-3-1-2-4-12-9/h1-6,13H,(H,12,14,15). The van der Waals surface area contributed by atoms with Crippen LogP contribution < -0.4 is 5.32 Å². The van der Waals surface area contributed by atoms with E-state index in [1.54, 1.807) is 36.7 Å². The van der Waals surface area contributed by atoms with Gasteiger partial charge in [0, 0.05) is 12.4 Å². The molecule has 2 heterocycles.